The fourth-order valence-electron chi connectivity index (χ4n) is 3.11. The Kier molecular flexibility index (Phi) is 20.6. The molecule has 0 fully saturated rings. The van der Waals surface area contributed by atoms with Gasteiger partial charge >= 0.3 is 5.97 Å². The maximum Gasteiger partial charge on any atom is 0.305 e. The molecule has 0 aliphatic carbocycles. The summed E-state index contributed by atoms with van der Waals surface area (Å²) in [7, 11) is 0. The first kappa shape index (κ1) is 24.2. The summed E-state index contributed by atoms with van der Waals surface area (Å²) in [5, 5.41) is 0. The lowest BCUT2D eigenvalue weighted by atomic mass is 10.1. The van der Waals surface area contributed by atoms with Crippen LogP contribution < -0.4 is 0 Å². The van der Waals surface area contributed by atoms with Crippen molar-refractivity contribution in [3.8, 4) is 0 Å². The van der Waals surface area contributed by atoms with E-state index in [1.807, 2.05) is 6.08 Å². The van der Waals surface area contributed by atoms with E-state index in [0.717, 1.165) is 19.3 Å². The van der Waals surface area contributed by atoms with Crippen LogP contribution in [0.15, 0.2) is 12.7 Å². The lowest BCUT2D eigenvalue weighted by molar-refractivity contribution is -0.143. The average Bonchev–Trinajstić information content (AvgIpc) is 2.62. The first-order valence-electron chi connectivity index (χ1n) is 11.1. The van der Waals surface area contributed by atoms with E-state index in [1.54, 1.807) is 0 Å². The van der Waals surface area contributed by atoms with Crippen molar-refractivity contribution in [2.45, 2.75) is 122 Å². The van der Waals surface area contributed by atoms with Crippen LogP contribution in [-0.4, -0.2) is 12.6 Å². The van der Waals surface area contributed by atoms with E-state index in [1.165, 1.54) is 89.9 Å². The molecule has 2 nitrogen and oxygen atoms in total. The summed E-state index contributed by atoms with van der Waals surface area (Å²) < 4.78 is 5.32. The Morgan fingerprint density at radius 2 is 1.20 bits per heavy atom. The third kappa shape index (κ3) is 21.2. The molecule has 0 unspecified atom stereocenters. The first-order chi connectivity index (χ1) is 12.3. The summed E-state index contributed by atoms with van der Waals surface area (Å²) in [6.07, 6.45) is 24.1. The number of carbonyl (C=O) groups is 1. The predicted octanol–water partition coefficient (Wildman–Crippen LogP) is 7.76. The van der Waals surface area contributed by atoms with Crippen molar-refractivity contribution < 1.29 is 9.53 Å². The molecule has 0 N–H and O–H groups in total. The number of ether oxygens (including phenoxy) is 1. The molecule has 0 atom stereocenters. The second kappa shape index (κ2) is 21.3. The maximum atomic E-state index is 11.7. The van der Waals surface area contributed by atoms with Crippen molar-refractivity contribution in [3.63, 3.8) is 0 Å². The average molecular weight is 353 g/mol. The number of carbonyl (C=O) groups excluding carboxylic acids is 1. The molecule has 0 heterocycles. The molecule has 0 saturated carbocycles. The van der Waals surface area contributed by atoms with E-state index in [2.05, 4.69) is 13.5 Å². The fourth-order valence-corrected chi connectivity index (χ4v) is 3.11. The van der Waals surface area contributed by atoms with Gasteiger partial charge in [-0.05, 0) is 25.7 Å². The minimum Gasteiger partial charge on any atom is -0.466 e. The monoisotopic (exact) mass is 352 g/mol. The molecule has 0 radical (unpaired) electrons. The molecule has 0 spiro atoms. The Morgan fingerprint density at radius 1 is 0.720 bits per heavy atom. The Bertz CT molecular complexity index is 286. The number of allylic oxidation sites excluding steroid dienone is 1. The van der Waals surface area contributed by atoms with Gasteiger partial charge in [-0.25, -0.2) is 0 Å². The van der Waals surface area contributed by atoms with Crippen LogP contribution >= 0.6 is 0 Å². The zero-order valence-electron chi connectivity index (χ0n) is 17.0. The summed E-state index contributed by atoms with van der Waals surface area (Å²) in [5.41, 5.74) is 0. The molecule has 0 bridgehead atoms. The number of hydrogen-bond donors (Lipinski definition) is 0. The highest BCUT2D eigenvalue weighted by atomic mass is 16.5. The molecule has 0 aromatic heterocycles. The van der Waals surface area contributed by atoms with Crippen molar-refractivity contribution in [2.24, 2.45) is 0 Å². The minimum atomic E-state index is 0.00514. The van der Waals surface area contributed by atoms with Gasteiger partial charge in [0.05, 0.1) is 6.61 Å². The Balaban J connectivity index is 3.14. The van der Waals surface area contributed by atoms with Crippen LogP contribution in [0.25, 0.3) is 0 Å². The number of rotatable bonds is 20. The van der Waals surface area contributed by atoms with Gasteiger partial charge in [-0.1, -0.05) is 96.5 Å². The van der Waals surface area contributed by atoms with Gasteiger partial charge in [0.15, 0.2) is 0 Å². The molecule has 0 aliphatic heterocycles. The van der Waals surface area contributed by atoms with Gasteiger partial charge in [0.2, 0.25) is 0 Å². The molecule has 0 aliphatic rings. The smallest absolute Gasteiger partial charge is 0.305 e. The van der Waals surface area contributed by atoms with Crippen LogP contribution in [-0.2, 0) is 9.53 Å². The van der Waals surface area contributed by atoms with Crippen LogP contribution in [0, 0.1) is 0 Å². The van der Waals surface area contributed by atoms with E-state index in [-0.39, 0.29) is 5.97 Å². The van der Waals surface area contributed by atoms with Gasteiger partial charge in [0, 0.05) is 6.42 Å². The van der Waals surface area contributed by atoms with Crippen LogP contribution in [0.1, 0.15) is 122 Å². The summed E-state index contributed by atoms with van der Waals surface area (Å²) in [4.78, 5) is 11.7. The lowest BCUT2D eigenvalue weighted by Crippen LogP contribution is -2.05. The standard InChI is InChI=1S/C23H44O2/c1-3-5-7-9-11-13-14-15-17-19-21-23(24)25-22-20-18-16-12-10-8-6-4-2/h4H,2-3,5-22H2,1H3. The molecule has 25 heavy (non-hydrogen) atoms. The number of unbranched alkanes of at least 4 members (excludes halogenated alkanes) is 15. The Morgan fingerprint density at radius 3 is 1.76 bits per heavy atom. The largest absolute Gasteiger partial charge is 0.466 e. The van der Waals surface area contributed by atoms with Gasteiger partial charge in [-0.3, -0.25) is 4.79 Å². The third-order valence-electron chi connectivity index (χ3n) is 4.80. The fraction of sp³-hybridized carbons (Fsp3) is 0.870. The van der Waals surface area contributed by atoms with Crippen molar-refractivity contribution in [2.75, 3.05) is 6.61 Å². The quantitative estimate of drug-likeness (QED) is 0.127. The zero-order chi connectivity index (χ0) is 18.4. The molecular formula is C23H44O2. The van der Waals surface area contributed by atoms with Gasteiger partial charge < -0.3 is 4.74 Å². The lowest BCUT2D eigenvalue weighted by Gasteiger charge is -2.05. The van der Waals surface area contributed by atoms with E-state index >= 15 is 0 Å². The van der Waals surface area contributed by atoms with E-state index in [4.69, 9.17) is 4.74 Å². The molecule has 0 saturated heterocycles. The van der Waals surface area contributed by atoms with E-state index < -0.39 is 0 Å². The van der Waals surface area contributed by atoms with E-state index in [0.29, 0.717) is 13.0 Å². The Hall–Kier alpha value is -0.790. The number of hydrogen-bond acceptors (Lipinski definition) is 2. The van der Waals surface area contributed by atoms with E-state index in [9.17, 15) is 4.79 Å². The second-order valence-corrected chi connectivity index (χ2v) is 7.35. The molecule has 0 amide bonds. The summed E-state index contributed by atoms with van der Waals surface area (Å²) >= 11 is 0. The van der Waals surface area contributed by atoms with Crippen LogP contribution in [0.4, 0.5) is 0 Å². The van der Waals surface area contributed by atoms with Crippen LogP contribution in [0.2, 0.25) is 0 Å². The predicted molar refractivity (Wildman–Crippen MR) is 110 cm³/mol. The van der Waals surface area contributed by atoms with Crippen molar-refractivity contribution in [1.82, 2.24) is 0 Å². The minimum absolute atomic E-state index is 0.00514. The van der Waals surface area contributed by atoms with Gasteiger partial charge in [0.1, 0.15) is 0 Å². The molecule has 0 rings (SSSR count). The van der Waals surface area contributed by atoms with Gasteiger partial charge in [-0.2, -0.15) is 0 Å². The molecule has 0 aromatic rings. The van der Waals surface area contributed by atoms with Crippen LogP contribution in [0.5, 0.6) is 0 Å². The van der Waals surface area contributed by atoms with Crippen molar-refractivity contribution in [3.05, 3.63) is 12.7 Å². The van der Waals surface area contributed by atoms with Crippen molar-refractivity contribution >= 4 is 5.97 Å². The SMILES string of the molecule is C=CCCCCCCCCOC(=O)CCCCCCCCCCCC. The maximum absolute atomic E-state index is 11.7. The summed E-state index contributed by atoms with van der Waals surface area (Å²) in [6, 6.07) is 0. The summed E-state index contributed by atoms with van der Waals surface area (Å²) in [6.45, 7) is 6.62. The highest BCUT2D eigenvalue weighted by Crippen LogP contribution is 2.12. The normalized spacial score (nSPS) is 10.8. The second-order valence-electron chi connectivity index (χ2n) is 7.35. The molecular weight excluding hydrogens is 308 g/mol. The molecule has 148 valence electrons. The molecule has 2 heteroatoms. The van der Waals surface area contributed by atoms with Crippen LogP contribution in [0.3, 0.4) is 0 Å². The highest BCUT2D eigenvalue weighted by Gasteiger charge is 2.02. The van der Waals surface area contributed by atoms with Gasteiger partial charge in [0.25, 0.3) is 0 Å². The third-order valence-corrected chi connectivity index (χ3v) is 4.80. The first-order valence-corrected chi connectivity index (χ1v) is 11.1. The topological polar surface area (TPSA) is 26.3 Å². The summed E-state index contributed by atoms with van der Waals surface area (Å²) in [5.74, 6) is 0.00514. The van der Waals surface area contributed by atoms with Gasteiger partial charge in [-0.15, -0.1) is 6.58 Å². The highest BCUT2D eigenvalue weighted by molar-refractivity contribution is 5.69. The molecule has 0 aromatic carbocycles. The Labute approximate surface area is 157 Å². The zero-order valence-corrected chi connectivity index (χ0v) is 17.0. The van der Waals surface area contributed by atoms with Crippen molar-refractivity contribution in [1.29, 1.82) is 0 Å². The number of esters is 1.